The van der Waals surface area contributed by atoms with Crippen LogP contribution < -0.4 is 5.32 Å². The van der Waals surface area contributed by atoms with E-state index in [0.717, 1.165) is 24.1 Å². The number of hydrogen-bond donors (Lipinski definition) is 2. The number of ether oxygens (including phenoxy) is 1. The molecule has 0 saturated heterocycles. The van der Waals surface area contributed by atoms with Crippen LogP contribution in [0.4, 0.5) is 0 Å². The molecule has 1 aliphatic heterocycles. The van der Waals surface area contributed by atoms with Gasteiger partial charge in [0.05, 0.1) is 12.6 Å². The Morgan fingerprint density at radius 3 is 2.62 bits per heavy atom. The normalized spacial score (nSPS) is 20.6. The molecular weight excluding hydrogens is 262 g/mol. The van der Waals surface area contributed by atoms with Gasteiger partial charge in [0.1, 0.15) is 5.60 Å². The molecule has 0 aliphatic carbocycles. The lowest BCUT2D eigenvalue weighted by Crippen LogP contribution is -2.47. The highest BCUT2D eigenvalue weighted by Crippen LogP contribution is 2.38. The van der Waals surface area contributed by atoms with Gasteiger partial charge in [-0.2, -0.15) is 0 Å². The van der Waals surface area contributed by atoms with E-state index in [4.69, 9.17) is 4.74 Å². The predicted molar refractivity (Wildman–Crippen MR) is 83.1 cm³/mol. The molecule has 0 fully saturated rings. The van der Waals surface area contributed by atoms with Crippen LogP contribution in [0.3, 0.4) is 0 Å². The minimum absolute atomic E-state index is 0.162. The molecule has 2 N–H and O–H groups in total. The molecule has 2 unspecified atom stereocenters. The second-order valence-electron chi connectivity index (χ2n) is 5.56. The van der Waals surface area contributed by atoms with Gasteiger partial charge in [0.2, 0.25) is 0 Å². The van der Waals surface area contributed by atoms with Crippen molar-refractivity contribution in [3.8, 4) is 0 Å². The van der Waals surface area contributed by atoms with Crippen LogP contribution in [0.25, 0.3) is 0 Å². The largest absolute Gasteiger partial charge is 0.381 e. The Labute approximate surface area is 125 Å². The highest BCUT2D eigenvalue weighted by molar-refractivity contribution is 5.37. The van der Waals surface area contributed by atoms with Crippen LogP contribution in [0.15, 0.2) is 54.6 Å². The molecular formula is C18H21NO2. The van der Waals surface area contributed by atoms with Gasteiger partial charge in [-0.3, -0.25) is 0 Å². The summed E-state index contributed by atoms with van der Waals surface area (Å²) in [5.41, 5.74) is 2.26. The second-order valence-corrected chi connectivity index (χ2v) is 5.56. The summed E-state index contributed by atoms with van der Waals surface area (Å²) in [6.45, 7) is 1.11. The maximum absolute atomic E-state index is 11.4. The minimum atomic E-state index is -1.08. The highest BCUT2D eigenvalue weighted by Gasteiger charge is 2.41. The second kappa shape index (κ2) is 5.98. The summed E-state index contributed by atoms with van der Waals surface area (Å²) in [7, 11) is 1.63. The first-order valence-electron chi connectivity index (χ1n) is 7.34. The van der Waals surface area contributed by atoms with Gasteiger partial charge in [-0.1, -0.05) is 54.6 Å². The summed E-state index contributed by atoms with van der Waals surface area (Å²) in [5, 5.41) is 14.8. The number of fused-ring (bicyclic) bond motifs is 1. The van der Waals surface area contributed by atoms with Crippen molar-refractivity contribution in [1.82, 2.24) is 5.32 Å². The smallest absolute Gasteiger partial charge is 0.132 e. The van der Waals surface area contributed by atoms with E-state index in [1.807, 2.05) is 36.4 Å². The summed E-state index contributed by atoms with van der Waals surface area (Å²) in [5.74, 6) is 0. The molecule has 2 aromatic carbocycles. The van der Waals surface area contributed by atoms with Crippen molar-refractivity contribution >= 4 is 0 Å². The Morgan fingerprint density at radius 2 is 1.86 bits per heavy atom. The third-order valence-corrected chi connectivity index (χ3v) is 4.22. The SMILES string of the molecule is COCC(O)(c1ccccc1)C1NCCc2ccccc21. The standard InChI is InChI=1S/C18H21NO2/c1-21-13-18(20,15-8-3-2-4-9-15)17-16-10-6-5-7-14(16)11-12-19-17/h2-10,17,19-20H,11-13H2,1H3. The van der Waals surface area contributed by atoms with Crippen LogP contribution in [-0.4, -0.2) is 25.4 Å². The van der Waals surface area contributed by atoms with Crippen LogP contribution in [0, 0.1) is 0 Å². The molecule has 0 amide bonds. The van der Waals surface area contributed by atoms with Crippen molar-refractivity contribution in [2.24, 2.45) is 0 Å². The summed E-state index contributed by atoms with van der Waals surface area (Å²) in [4.78, 5) is 0. The van der Waals surface area contributed by atoms with Gasteiger partial charge >= 0.3 is 0 Å². The zero-order valence-corrected chi connectivity index (χ0v) is 12.3. The molecule has 0 saturated carbocycles. The van der Waals surface area contributed by atoms with Crippen molar-refractivity contribution in [2.45, 2.75) is 18.1 Å². The van der Waals surface area contributed by atoms with Crippen LogP contribution in [0.1, 0.15) is 22.7 Å². The monoisotopic (exact) mass is 283 g/mol. The molecule has 0 bridgehead atoms. The van der Waals surface area contributed by atoms with Crippen LogP contribution in [0.2, 0.25) is 0 Å². The molecule has 2 atom stereocenters. The van der Waals surface area contributed by atoms with Crippen molar-refractivity contribution < 1.29 is 9.84 Å². The summed E-state index contributed by atoms with van der Waals surface area (Å²) < 4.78 is 5.34. The number of nitrogens with one attached hydrogen (secondary N) is 1. The van der Waals surface area contributed by atoms with Gasteiger partial charge in [-0.25, -0.2) is 0 Å². The Balaban J connectivity index is 2.07. The minimum Gasteiger partial charge on any atom is -0.381 e. The number of hydrogen-bond acceptors (Lipinski definition) is 3. The quantitative estimate of drug-likeness (QED) is 0.905. The predicted octanol–water partition coefficient (Wildman–Crippen LogP) is 2.41. The molecule has 3 rings (SSSR count). The molecule has 0 spiro atoms. The van der Waals surface area contributed by atoms with Gasteiger partial charge in [0, 0.05) is 7.11 Å². The Morgan fingerprint density at radius 1 is 1.14 bits per heavy atom. The Kier molecular flexibility index (Phi) is 4.06. The molecule has 1 aliphatic rings. The molecule has 21 heavy (non-hydrogen) atoms. The van der Waals surface area contributed by atoms with Crippen molar-refractivity contribution in [3.05, 3.63) is 71.3 Å². The van der Waals surface area contributed by atoms with Gasteiger partial charge in [-0.05, 0) is 29.7 Å². The van der Waals surface area contributed by atoms with Gasteiger partial charge in [-0.15, -0.1) is 0 Å². The molecule has 0 radical (unpaired) electrons. The summed E-state index contributed by atoms with van der Waals surface area (Å²) >= 11 is 0. The highest BCUT2D eigenvalue weighted by atomic mass is 16.5. The fourth-order valence-electron chi connectivity index (χ4n) is 3.21. The van der Waals surface area contributed by atoms with E-state index in [0.29, 0.717) is 0 Å². The average molecular weight is 283 g/mol. The molecule has 110 valence electrons. The van der Waals surface area contributed by atoms with Gasteiger partial charge < -0.3 is 15.2 Å². The maximum Gasteiger partial charge on any atom is 0.132 e. The van der Waals surface area contributed by atoms with Gasteiger partial charge in [0.15, 0.2) is 0 Å². The fraction of sp³-hybridized carbons (Fsp3) is 0.333. The van der Waals surface area contributed by atoms with E-state index in [-0.39, 0.29) is 12.6 Å². The molecule has 3 heteroatoms. The van der Waals surface area contributed by atoms with Crippen LogP contribution >= 0.6 is 0 Å². The maximum atomic E-state index is 11.4. The first kappa shape index (κ1) is 14.3. The van der Waals surface area contributed by atoms with E-state index in [1.54, 1.807) is 7.11 Å². The van der Waals surface area contributed by atoms with Gasteiger partial charge in [0.25, 0.3) is 0 Å². The zero-order chi connectivity index (χ0) is 14.7. The van der Waals surface area contributed by atoms with Crippen LogP contribution in [0.5, 0.6) is 0 Å². The van der Waals surface area contributed by atoms with E-state index < -0.39 is 5.60 Å². The first-order valence-corrected chi connectivity index (χ1v) is 7.34. The number of aliphatic hydroxyl groups is 1. The fourth-order valence-corrected chi connectivity index (χ4v) is 3.21. The van der Waals surface area contributed by atoms with Crippen molar-refractivity contribution in [3.63, 3.8) is 0 Å². The van der Waals surface area contributed by atoms with E-state index in [2.05, 4.69) is 23.5 Å². The lowest BCUT2D eigenvalue weighted by molar-refractivity contribution is -0.0664. The summed E-state index contributed by atoms with van der Waals surface area (Å²) in [6, 6.07) is 17.9. The third kappa shape index (κ3) is 2.60. The average Bonchev–Trinajstić information content (AvgIpc) is 2.55. The lowest BCUT2D eigenvalue weighted by Gasteiger charge is -2.40. The molecule has 3 nitrogen and oxygen atoms in total. The topological polar surface area (TPSA) is 41.5 Å². The van der Waals surface area contributed by atoms with E-state index in [9.17, 15) is 5.11 Å². The van der Waals surface area contributed by atoms with E-state index in [1.165, 1.54) is 5.56 Å². The lowest BCUT2D eigenvalue weighted by atomic mass is 9.79. The van der Waals surface area contributed by atoms with Crippen molar-refractivity contribution in [1.29, 1.82) is 0 Å². The molecule has 0 aromatic heterocycles. The molecule has 2 aromatic rings. The first-order chi connectivity index (χ1) is 10.3. The molecule has 1 heterocycles. The number of rotatable bonds is 4. The van der Waals surface area contributed by atoms with Crippen molar-refractivity contribution in [2.75, 3.05) is 20.3 Å². The summed E-state index contributed by atoms with van der Waals surface area (Å²) in [6.07, 6.45) is 0.991. The number of benzene rings is 2. The Hall–Kier alpha value is -1.68. The van der Waals surface area contributed by atoms with Crippen LogP contribution in [-0.2, 0) is 16.8 Å². The zero-order valence-electron chi connectivity index (χ0n) is 12.3. The number of methoxy groups -OCH3 is 1. The van der Waals surface area contributed by atoms with E-state index >= 15 is 0 Å². The third-order valence-electron chi connectivity index (χ3n) is 4.22. The Bertz CT molecular complexity index is 599.